The average Bonchev–Trinajstić information content (AvgIpc) is 3.97. The second-order valence-corrected chi connectivity index (χ2v) is 17.0. The lowest BCUT2D eigenvalue weighted by Crippen LogP contribution is -2.53. The molecule has 2 aliphatic carbocycles. The number of Topliss-reactive ketones (excluding diaryl/α,β-unsaturated/α-hetero) is 1. The molecule has 4 amide bonds. The largest absolute Gasteiger partial charge is 0.444 e. The van der Waals surface area contributed by atoms with Gasteiger partial charge in [-0.2, -0.15) is 0 Å². The number of nitrogens with zero attached hydrogens (tertiary/aromatic N) is 2. The second-order valence-electron chi connectivity index (χ2n) is 15.0. The third kappa shape index (κ3) is 8.39. The van der Waals surface area contributed by atoms with Gasteiger partial charge in [-0.05, 0) is 76.8 Å². The molecular formula is C36H47FN4O9S. The quantitative estimate of drug-likeness (QED) is 0.421. The van der Waals surface area contributed by atoms with E-state index < -0.39 is 123 Å². The molecule has 3 heterocycles. The van der Waals surface area contributed by atoms with Crippen molar-refractivity contribution >= 4 is 39.8 Å². The van der Waals surface area contributed by atoms with Crippen LogP contribution in [0.4, 0.5) is 14.0 Å². The predicted molar refractivity (Wildman–Crippen MR) is 182 cm³/mol. The zero-order chi connectivity index (χ0) is 40.3. The lowest BCUT2D eigenvalue weighted by Gasteiger charge is -2.30. The van der Waals surface area contributed by atoms with Gasteiger partial charge >= 0.3 is 12.2 Å². The van der Waals surface area contributed by atoms with Crippen LogP contribution in [-0.2, 0) is 46.9 Å². The zero-order valence-electron chi connectivity index (χ0n) is 32.9. The van der Waals surface area contributed by atoms with Gasteiger partial charge in [-0.25, -0.2) is 22.4 Å². The van der Waals surface area contributed by atoms with Crippen LogP contribution in [-0.4, -0.2) is 83.6 Å². The summed E-state index contributed by atoms with van der Waals surface area (Å²) in [5.74, 6) is -3.68. The first-order chi connectivity index (χ1) is 25.6. The Kier molecular flexibility index (Phi) is 8.82. The normalized spacial score (nSPS) is 32.2. The topological polar surface area (TPSA) is 168 Å². The Balaban J connectivity index is 1.30. The van der Waals surface area contributed by atoms with Crippen LogP contribution in [0.15, 0.2) is 30.4 Å². The van der Waals surface area contributed by atoms with Crippen molar-refractivity contribution < 1.29 is 51.7 Å². The maximum atomic E-state index is 14.8. The van der Waals surface area contributed by atoms with Crippen LogP contribution >= 0.6 is 0 Å². The van der Waals surface area contributed by atoms with Crippen LogP contribution in [0, 0.1) is 17.2 Å². The molecule has 5 aliphatic rings. The number of carbonyl (C=O) groups excluding carboxylic acids is 5. The minimum absolute atomic E-state index is 0.140. The summed E-state index contributed by atoms with van der Waals surface area (Å²) >= 11 is 0. The van der Waals surface area contributed by atoms with Crippen molar-refractivity contribution in [1.29, 1.82) is 0 Å². The van der Waals surface area contributed by atoms with Crippen LogP contribution in [0.5, 0.6) is 0 Å². The van der Waals surface area contributed by atoms with Gasteiger partial charge in [-0.15, -0.1) is 0 Å². The summed E-state index contributed by atoms with van der Waals surface area (Å²) in [4.78, 5) is 70.3. The highest BCUT2D eigenvalue weighted by molar-refractivity contribution is 7.90. The van der Waals surface area contributed by atoms with Crippen LogP contribution in [0.1, 0.15) is 102 Å². The van der Waals surface area contributed by atoms with E-state index in [1.165, 1.54) is 6.07 Å². The molecule has 3 aliphatic heterocycles. The van der Waals surface area contributed by atoms with Crippen LogP contribution in [0.25, 0.3) is 0 Å². The van der Waals surface area contributed by atoms with E-state index in [9.17, 15) is 36.8 Å². The van der Waals surface area contributed by atoms with Gasteiger partial charge in [0.25, 0.3) is 0 Å². The Morgan fingerprint density at radius 3 is 2.55 bits per heavy atom. The van der Waals surface area contributed by atoms with E-state index in [1.54, 1.807) is 20.8 Å². The Bertz CT molecular complexity index is 1900. The lowest BCUT2D eigenvalue weighted by atomic mass is 9.91. The van der Waals surface area contributed by atoms with Crippen LogP contribution in [0.2, 0.25) is 0 Å². The number of amides is 4. The number of rotatable bonds is 5. The lowest BCUT2D eigenvalue weighted by molar-refractivity contribution is -0.140. The molecule has 1 aromatic rings. The Labute approximate surface area is 303 Å². The van der Waals surface area contributed by atoms with Crippen molar-refractivity contribution in [3.8, 4) is 0 Å². The van der Waals surface area contributed by atoms with Crippen LogP contribution < -0.4 is 10.0 Å². The number of carbonyl (C=O) groups is 5. The van der Waals surface area contributed by atoms with Gasteiger partial charge in [-0.3, -0.25) is 24.0 Å². The van der Waals surface area contributed by atoms with E-state index in [4.69, 9.17) is 15.0 Å². The summed E-state index contributed by atoms with van der Waals surface area (Å²) in [5.41, 5.74) is -3.40. The third-order valence-corrected chi connectivity index (χ3v) is 11.7. The number of nitrogens with one attached hydrogen (secondary N) is 2. The van der Waals surface area contributed by atoms with E-state index in [-0.39, 0.29) is 24.2 Å². The monoisotopic (exact) mass is 734 g/mol. The first kappa shape index (κ1) is 31.7. The van der Waals surface area contributed by atoms with E-state index in [0.29, 0.717) is 38.5 Å². The SMILES string of the molecule is [2H]C1([2H])c2cccc(F)c2C([2H])([2H])N1C(=O)O[C@@H]1C[C@H]2C(=O)C[C@]3(C(=O)NS(=O)(=O)C4CC4)C[C@H]3/C=C\CCCCC[C@H](NC(=O)OC(C)(C)C)C(=O)N2C1. The molecule has 0 aromatic heterocycles. The van der Waals surface area contributed by atoms with Crippen LogP contribution in [0.3, 0.4) is 0 Å². The van der Waals surface area contributed by atoms with Crippen molar-refractivity contribution in [2.24, 2.45) is 11.3 Å². The second kappa shape index (κ2) is 14.2. The number of halogens is 1. The maximum absolute atomic E-state index is 14.8. The highest BCUT2D eigenvalue weighted by Gasteiger charge is 2.61. The smallest absolute Gasteiger partial charge is 0.410 e. The number of alkyl carbamates (subject to hydrolysis) is 1. The fourth-order valence-corrected chi connectivity index (χ4v) is 8.30. The summed E-state index contributed by atoms with van der Waals surface area (Å²) in [5, 5.41) is 1.92. The summed E-state index contributed by atoms with van der Waals surface area (Å²) < 4.78 is 87.9. The van der Waals surface area contributed by atoms with Gasteiger partial charge in [0.2, 0.25) is 21.8 Å². The number of hydrogen-bond acceptors (Lipinski definition) is 9. The molecular weight excluding hydrogens is 683 g/mol. The number of hydrogen-bond donors (Lipinski definition) is 2. The van der Waals surface area contributed by atoms with E-state index >= 15 is 0 Å². The van der Waals surface area contributed by atoms with Crippen molar-refractivity contribution in [2.45, 2.75) is 127 Å². The van der Waals surface area contributed by atoms with E-state index in [2.05, 4.69) is 10.0 Å². The summed E-state index contributed by atoms with van der Waals surface area (Å²) in [6.07, 6.45) is 2.88. The Morgan fingerprint density at radius 1 is 1.08 bits per heavy atom. The fourth-order valence-electron chi connectivity index (χ4n) is 6.92. The Hall–Kier alpha value is -4.01. The standard InChI is InChI=1S/C36H47FN4O9S/c1-35(2,3)50-33(45)38-28-13-8-6-4-5-7-11-23-17-36(23,32(44)39-51(47,48)25-14-15-25)18-30(42)29-16-24(20-41(29)31(28)43)49-34(46)40-19-22-10-9-12-27(37)26(22)21-40/h7,9-12,23-25,28-29H,4-6,8,13-21H2,1-3H3,(H,38,45)(H,39,44)/b11-7-/t23-,24-,28+,29+,36-/m1/s1/i19D2,21D2. The molecule has 1 aromatic carbocycles. The minimum Gasteiger partial charge on any atom is -0.444 e. The molecule has 15 heteroatoms. The molecule has 0 bridgehead atoms. The third-order valence-electron chi connectivity index (χ3n) is 9.83. The van der Waals surface area contributed by atoms with Gasteiger partial charge in [0.15, 0.2) is 5.78 Å². The summed E-state index contributed by atoms with van der Waals surface area (Å²) in [6, 6.07) is 0.765. The maximum Gasteiger partial charge on any atom is 0.410 e. The molecule has 278 valence electrons. The predicted octanol–water partition coefficient (Wildman–Crippen LogP) is 4.23. The summed E-state index contributed by atoms with van der Waals surface area (Å²) in [6.45, 7) is -1.29. The molecule has 5 atom stereocenters. The molecule has 13 nitrogen and oxygen atoms in total. The van der Waals surface area contributed by atoms with Gasteiger partial charge in [0.1, 0.15) is 23.6 Å². The van der Waals surface area contributed by atoms with Gasteiger partial charge in [-0.1, -0.05) is 37.1 Å². The minimum atomic E-state index is -3.96. The first-order valence-corrected chi connectivity index (χ1v) is 19.0. The highest BCUT2D eigenvalue weighted by Crippen LogP contribution is 2.57. The number of ether oxygens (including phenoxy) is 2. The van der Waals surface area contributed by atoms with Crippen molar-refractivity contribution in [3.63, 3.8) is 0 Å². The molecule has 0 unspecified atom stereocenters. The van der Waals surface area contributed by atoms with E-state index in [0.717, 1.165) is 17.0 Å². The molecule has 1 saturated heterocycles. The molecule has 2 N–H and O–H groups in total. The molecule has 51 heavy (non-hydrogen) atoms. The average molecular weight is 735 g/mol. The zero-order valence-corrected chi connectivity index (χ0v) is 29.7. The van der Waals surface area contributed by atoms with Crippen molar-refractivity contribution in [2.75, 3.05) is 6.54 Å². The van der Waals surface area contributed by atoms with Crippen molar-refractivity contribution in [1.82, 2.24) is 19.8 Å². The van der Waals surface area contributed by atoms with Gasteiger partial charge in [0, 0.05) is 24.9 Å². The van der Waals surface area contributed by atoms with E-state index in [1.807, 2.05) is 12.2 Å². The summed E-state index contributed by atoms with van der Waals surface area (Å²) in [7, 11) is -3.96. The number of ketones is 1. The number of fused-ring (bicyclic) bond motifs is 3. The highest BCUT2D eigenvalue weighted by atomic mass is 32.2. The fraction of sp³-hybridized carbons (Fsp3) is 0.639. The molecule has 3 fully saturated rings. The Morgan fingerprint density at radius 2 is 1.84 bits per heavy atom. The number of benzene rings is 1. The number of sulfonamides is 1. The molecule has 0 spiro atoms. The first-order valence-electron chi connectivity index (χ1n) is 19.4. The molecule has 6 rings (SSSR count). The molecule has 0 radical (unpaired) electrons. The van der Waals surface area contributed by atoms with Gasteiger partial charge in [0.05, 0.1) is 35.2 Å². The van der Waals surface area contributed by atoms with Crippen molar-refractivity contribution in [3.05, 3.63) is 47.3 Å². The van der Waals surface area contributed by atoms with Gasteiger partial charge < -0.3 is 19.7 Å². The number of allylic oxidation sites excluding steroid dienone is 2. The molecule has 2 saturated carbocycles.